The lowest BCUT2D eigenvalue weighted by Crippen LogP contribution is -2.35. The number of carboxylic acids is 1. The van der Waals surface area contributed by atoms with Crippen LogP contribution in [0.5, 0.6) is 0 Å². The van der Waals surface area contributed by atoms with Gasteiger partial charge in [-0.05, 0) is 25.0 Å². The van der Waals surface area contributed by atoms with Crippen LogP contribution in [-0.4, -0.2) is 45.1 Å². The van der Waals surface area contributed by atoms with Gasteiger partial charge in [0.25, 0.3) is 0 Å². The second-order valence-corrected chi connectivity index (χ2v) is 7.27. The summed E-state index contributed by atoms with van der Waals surface area (Å²) in [5.74, 6) is -1.01. The molecular weight excluding hydrogens is 314 g/mol. The Morgan fingerprint density at radius 2 is 2.14 bits per heavy atom. The minimum atomic E-state index is -3.76. The largest absolute Gasteiger partial charge is 0.481 e. The number of rotatable bonds is 6. The van der Waals surface area contributed by atoms with Crippen molar-refractivity contribution in [2.45, 2.75) is 30.2 Å². The minimum Gasteiger partial charge on any atom is -0.481 e. The number of fused-ring (bicyclic) bond motifs is 1. The zero-order valence-electron chi connectivity index (χ0n) is 11.0. The van der Waals surface area contributed by atoms with Gasteiger partial charge >= 0.3 is 5.97 Å². The molecule has 1 aromatic heterocycles. The first-order valence-electron chi connectivity index (χ1n) is 6.45. The molecule has 2 aromatic rings. The fourth-order valence-corrected chi connectivity index (χ4v) is 4.62. The Morgan fingerprint density at radius 1 is 1.38 bits per heavy atom. The topological polar surface area (TPSA) is 100 Å². The standard InChI is InChI=1S/C12H13N3O4S2/c16-11(17)6-7-15(8-4-5-8)21(18,19)10-3-1-2-9-12(10)14-20-13-9/h1-3,8H,4-7H2,(H,16,17). The summed E-state index contributed by atoms with van der Waals surface area (Å²) in [7, 11) is -3.76. The molecule has 1 heterocycles. The van der Waals surface area contributed by atoms with E-state index in [1.807, 2.05) is 0 Å². The Balaban J connectivity index is 2.01. The Labute approximate surface area is 125 Å². The molecule has 1 aromatic carbocycles. The highest BCUT2D eigenvalue weighted by molar-refractivity contribution is 7.89. The van der Waals surface area contributed by atoms with E-state index >= 15 is 0 Å². The van der Waals surface area contributed by atoms with Crippen molar-refractivity contribution in [1.29, 1.82) is 0 Å². The molecule has 0 atom stereocenters. The van der Waals surface area contributed by atoms with Crippen molar-refractivity contribution >= 4 is 38.8 Å². The molecule has 0 bridgehead atoms. The third-order valence-electron chi connectivity index (χ3n) is 3.34. The van der Waals surface area contributed by atoms with E-state index < -0.39 is 16.0 Å². The van der Waals surface area contributed by atoms with Gasteiger partial charge in [0.05, 0.1) is 18.1 Å². The van der Waals surface area contributed by atoms with Crippen LogP contribution in [0.3, 0.4) is 0 Å². The van der Waals surface area contributed by atoms with Crippen LogP contribution in [0, 0.1) is 0 Å². The van der Waals surface area contributed by atoms with Gasteiger partial charge in [0.1, 0.15) is 15.9 Å². The first kappa shape index (κ1) is 14.4. The van der Waals surface area contributed by atoms with Crippen molar-refractivity contribution in [2.75, 3.05) is 6.54 Å². The Morgan fingerprint density at radius 3 is 2.81 bits per heavy atom. The van der Waals surface area contributed by atoms with Gasteiger partial charge in [0, 0.05) is 12.6 Å². The van der Waals surface area contributed by atoms with Crippen molar-refractivity contribution in [3.63, 3.8) is 0 Å². The smallest absolute Gasteiger partial charge is 0.304 e. The Bertz CT molecular complexity index is 783. The van der Waals surface area contributed by atoms with Gasteiger partial charge in [-0.25, -0.2) is 8.42 Å². The number of aromatic nitrogens is 2. The lowest BCUT2D eigenvalue weighted by molar-refractivity contribution is -0.137. The monoisotopic (exact) mass is 327 g/mol. The summed E-state index contributed by atoms with van der Waals surface area (Å²) in [6, 6.07) is 4.72. The zero-order chi connectivity index (χ0) is 15.0. The summed E-state index contributed by atoms with van der Waals surface area (Å²) in [5, 5.41) is 8.80. The number of carbonyl (C=O) groups is 1. The van der Waals surface area contributed by atoms with E-state index in [4.69, 9.17) is 5.11 Å². The molecule has 1 N–H and O–H groups in total. The number of hydrogen-bond acceptors (Lipinski definition) is 6. The van der Waals surface area contributed by atoms with Crippen molar-refractivity contribution in [3.8, 4) is 0 Å². The van der Waals surface area contributed by atoms with Gasteiger partial charge in [-0.3, -0.25) is 4.79 Å². The Hall–Kier alpha value is -1.58. The number of benzene rings is 1. The number of aliphatic carboxylic acids is 1. The maximum absolute atomic E-state index is 12.8. The second-order valence-electron chi connectivity index (χ2n) is 4.88. The first-order valence-corrected chi connectivity index (χ1v) is 8.62. The molecule has 1 fully saturated rings. The molecule has 1 aliphatic carbocycles. The summed E-state index contributed by atoms with van der Waals surface area (Å²) >= 11 is 0.960. The van der Waals surface area contributed by atoms with Gasteiger partial charge in [-0.2, -0.15) is 13.1 Å². The minimum absolute atomic E-state index is 0.0176. The Kier molecular flexibility index (Phi) is 3.64. The van der Waals surface area contributed by atoms with Gasteiger partial charge in [0.2, 0.25) is 10.0 Å². The van der Waals surface area contributed by atoms with E-state index in [9.17, 15) is 13.2 Å². The van der Waals surface area contributed by atoms with Gasteiger partial charge in [-0.15, -0.1) is 0 Å². The van der Waals surface area contributed by atoms with Crippen molar-refractivity contribution in [2.24, 2.45) is 0 Å². The maximum Gasteiger partial charge on any atom is 0.304 e. The number of sulfonamides is 1. The third-order valence-corrected chi connectivity index (χ3v) is 5.86. The fraction of sp³-hybridized carbons (Fsp3) is 0.417. The quantitative estimate of drug-likeness (QED) is 0.859. The van der Waals surface area contributed by atoms with E-state index in [2.05, 4.69) is 8.75 Å². The second kappa shape index (κ2) is 5.32. The summed E-state index contributed by atoms with van der Waals surface area (Å²) in [5.41, 5.74) is 0.888. The van der Waals surface area contributed by atoms with Crippen LogP contribution in [-0.2, 0) is 14.8 Å². The normalized spacial score (nSPS) is 15.7. The maximum atomic E-state index is 12.8. The molecule has 0 spiro atoms. The molecule has 112 valence electrons. The molecule has 0 aliphatic heterocycles. The fourth-order valence-electron chi connectivity index (χ4n) is 2.18. The highest BCUT2D eigenvalue weighted by atomic mass is 32.2. The zero-order valence-corrected chi connectivity index (χ0v) is 12.6. The molecule has 1 aliphatic rings. The van der Waals surface area contributed by atoms with Crippen molar-refractivity contribution in [1.82, 2.24) is 13.1 Å². The average Bonchev–Trinajstić information content (AvgIpc) is 3.14. The van der Waals surface area contributed by atoms with Crippen LogP contribution in [0.2, 0.25) is 0 Å². The lowest BCUT2D eigenvalue weighted by Gasteiger charge is -2.21. The molecule has 0 radical (unpaired) electrons. The first-order chi connectivity index (χ1) is 10.00. The van der Waals surface area contributed by atoms with Crippen molar-refractivity contribution in [3.05, 3.63) is 18.2 Å². The molecule has 1 saturated carbocycles. The number of hydrogen-bond donors (Lipinski definition) is 1. The van der Waals surface area contributed by atoms with Crippen LogP contribution >= 0.6 is 11.7 Å². The van der Waals surface area contributed by atoms with E-state index in [0.29, 0.717) is 11.0 Å². The number of carboxylic acid groups (broad SMARTS) is 1. The summed E-state index contributed by atoms with van der Waals surface area (Å²) in [6.07, 6.45) is 1.33. The molecule has 21 heavy (non-hydrogen) atoms. The lowest BCUT2D eigenvalue weighted by atomic mass is 10.3. The van der Waals surface area contributed by atoms with Crippen molar-refractivity contribution < 1.29 is 18.3 Å². The predicted octanol–water partition coefficient (Wildman–Crippen LogP) is 1.32. The molecule has 9 heteroatoms. The van der Waals surface area contributed by atoms with Crippen LogP contribution in [0.1, 0.15) is 19.3 Å². The molecular formula is C12H13N3O4S2. The van der Waals surface area contributed by atoms with E-state index in [1.165, 1.54) is 10.4 Å². The summed E-state index contributed by atoms with van der Waals surface area (Å²) < 4.78 is 35.0. The highest BCUT2D eigenvalue weighted by Crippen LogP contribution is 2.34. The molecule has 0 unspecified atom stereocenters. The average molecular weight is 327 g/mol. The molecule has 0 amide bonds. The van der Waals surface area contributed by atoms with Gasteiger partial charge < -0.3 is 5.11 Å². The third kappa shape index (κ3) is 2.76. The predicted molar refractivity (Wildman–Crippen MR) is 76.6 cm³/mol. The van der Waals surface area contributed by atoms with Crippen LogP contribution in [0.4, 0.5) is 0 Å². The molecule has 3 rings (SSSR count). The SMILES string of the molecule is O=C(O)CCN(C1CC1)S(=O)(=O)c1cccc2nsnc12. The van der Waals surface area contributed by atoms with E-state index in [0.717, 1.165) is 24.6 Å². The molecule has 7 nitrogen and oxygen atoms in total. The summed E-state index contributed by atoms with van der Waals surface area (Å²) in [4.78, 5) is 10.8. The molecule has 0 saturated heterocycles. The summed E-state index contributed by atoms with van der Waals surface area (Å²) in [6.45, 7) is -0.0176. The number of nitrogens with zero attached hydrogens (tertiary/aromatic N) is 3. The van der Waals surface area contributed by atoms with Gasteiger partial charge in [0.15, 0.2) is 0 Å². The van der Waals surface area contributed by atoms with Gasteiger partial charge in [-0.1, -0.05) is 6.07 Å². The van der Waals surface area contributed by atoms with E-state index in [1.54, 1.807) is 12.1 Å². The van der Waals surface area contributed by atoms with E-state index in [-0.39, 0.29) is 23.9 Å². The highest BCUT2D eigenvalue weighted by Gasteiger charge is 2.39. The van der Waals surface area contributed by atoms with Crippen LogP contribution in [0.15, 0.2) is 23.1 Å². The van der Waals surface area contributed by atoms with Crippen LogP contribution in [0.25, 0.3) is 11.0 Å². The van der Waals surface area contributed by atoms with Crippen LogP contribution < -0.4 is 0 Å².